The van der Waals surface area contributed by atoms with Crippen molar-refractivity contribution in [2.75, 3.05) is 18.5 Å². The van der Waals surface area contributed by atoms with Crippen LogP contribution in [0.4, 0.5) is 5.69 Å². The van der Waals surface area contributed by atoms with Gasteiger partial charge in [0.1, 0.15) is 13.2 Å². The van der Waals surface area contributed by atoms with Crippen LogP contribution in [0, 0.1) is 0 Å². The summed E-state index contributed by atoms with van der Waals surface area (Å²) < 4.78 is 13.1. The first kappa shape index (κ1) is 12.8. The molecule has 2 heterocycles. The normalized spacial score (nSPS) is 13.3. The van der Waals surface area contributed by atoms with Gasteiger partial charge >= 0.3 is 0 Å². The standard InChI is InChI=1S/C15H19N3O2/c1-3-12-13(10-18(2)17-12)16-9-11-5-4-6-14-15(11)20-8-7-19-14/h4-6,10,16H,3,7-9H2,1-2H3. The highest BCUT2D eigenvalue weighted by Gasteiger charge is 2.15. The minimum absolute atomic E-state index is 0.608. The number of aryl methyl sites for hydroxylation is 2. The third kappa shape index (κ3) is 2.43. The van der Waals surface area contributed by atoms with E-state index in [0.29, 0.717) is 19.8 Å². The highest BCUT2D eigenvalue weighted by molar-refractivity contribution is 5.51. The molecule has 20 heavy (non-hydrogen) atoms. The second kappa shape index (κ2) is 5.45. The molecule has 106 valence electrons. The van der Waals surface area contributed by atoms with Crippen LogP contribution in [0.1, 0.15) is 18.2 Å². The minimum atomic E-state index is 0.608. The number of nitrogens with one attached hydrogen (secondary N) is 1. The first-order valence-electron chi connectivity index (χ1n) is 6.92. The predicted molar refractivity (Wildman–Crippen MR) is 77.3 cm³/mol. The molecule has 1 N–H and O–H groups in total. The van der Waals surface area contributed by atoms with E-state index >= 15 is 0 Å². The van der Waals surface area contributed by atoms with Crippen LogP contribution in [0.25, 0.3) is 0 Å². The summed E-state index contributed by atoms with van der Waals surface area (Å²) >= 11 is 0. The molecule has 0 aliphatic carbocycles. The van der Waals surface area contributed by atoms with Gasteiger partial charge in [-0.15, -0.1) is 0 Å². The number of hydrogen-bond acceptors (Lipinski definition) is 4. The first-order valence-corrected chi connectivity index (χ1v) is 6.92. The molecule has 5 nitrogen and oxygen atoms in total. The molecular formula is C15H19N3O2. The SMILES string of the molecule is CCc1nn(C)cc1NCc1cccc2c1OCCO2. The van der Waals surface area contributed by atoms with E-state index in [4.69, 9.17) is 9.47 Å². The van der Waals surface area contributed by atoms with Crippen molar-refractivity contribution in [3.8, 4) is 11.5 Å². The summed E-state index contributed by atoms with van der Waals surface area (Å²) in [5.74, 6) is 1.69. The number of para-hydroxylation sites is 1. The van der Waals surface area contributed by atoms with Crippen molar-refractivity contribution in [3.63, 3.8) is 0 Å². The van der Waals surface area contributed by atoms with Crippen LogP contribution in [-0.4, -0.2) is 23.0 Å². The zero-order chi connectivity index (χ0) is 13.9. The largest absolute Gasteiger partial charge is 0.486 e. The van der Waals surface area contributed by atoms with Gasteiger partial charge in [0, 0.05) is 25.4 Å². The Balaban J connectivity index is 1.78. The predicted octanol–water partition coefficient (Wildman–Crippen LogP) is 2.37. The maximum absolute atomic E-state index is 5.72. The van der Waals surface area contributed by atoms with Crippen molar-refractivity contribution < 1.29 is 9.47 Å². The van der Waals surface area contributed by atoms with Gasteiger partial charge in [-0.1, -0.05) is 19.1 Å². The number of anilines is 1. The van der Waals surface area contributed by atoms with Crippen LogP contribution in [-0.2, 0) is 20.0 Å². The molecule has 0 saturated heterocycles. The second-order valence-electron chi connectivity index (χ2n) is 4.81. The topological polar surface area (TPSA) is 48.3 Å². The van der Waals surface area contributed by atoms with Crippen LogP contribution in [0.3, 0.4) is 0 Å². The Bertz CT molecular complexity index is 607. The van der Waals surface area contributed by atoms with E-state index in [2.05, 4.69) is 23.4 Å². The molecular weight excluding hydrogens is 254 g/mol. The average Bonchev–Trinajstić information content (AvgIpc) is 2.85. The smallest absolute Gasteiger partial charge is 0.166 e. The molecule has 1 aromatic heterocycles. The van der Waals surface area contributed by atoms with E-state index in [9.17, 15) is 0 Å². The van der Waals surface area contributed by atoms with Gasteiger partial charge in [0.05, 0.1) is 11.4 Å². The van der Waals surface area contributed by atoms with E-state index < -0.39 is 0 Å². The van der Waals surface area contributed by atoms with Crippen LogP contribution >= 0.6 is 0 Å². The number of ether oxygens (including phenoxy) is 2. The molecule has 0 amide bonds. The van der Waals surface area contributed by atoms with Crippen molar-refractivity contribution >= 4 is 5.69 Å². The highest BCUT2D eigenvalue weighted by atomic mass is 16.6. The fourth-order valence-corrected chi connectivity index (χ4v) is 2.41. The molecule has 5 heteroatoms. The number of rotatable bonds is 4. The van der Waals surface area contributed by atoms with Crippen LogP contribution < -0.4 is 14.8 Å². The number of nitrogens with zero attached hydrogens (tertiary/aromatic N) is 2. The Morgan fingerprint density at radius 2 is 2.15 bits per heavy atom. The van der Waals surface area contributed by atoms with Crippen LogP contribution in [0.5, 0.6) is 11.5 Å². The Kier molecular flexibility index (Phi) is 3.50. The van der Waals surface area contributed by atoms with Gasteiger partial charge in [0.25, 0.3) is 0 Å². The summed E-state index contributed by atoms with van der Waals surface area (Å²) in [5.41, 5.74) is 3.26. The highest BCUT2D eigenvalue weighted by Crippen LogP contribution is 2.34. The Hall–Kier alpha value is -2.17. The van der Waals surface area contributed by atoms with Gasteiger partial charge in [-0.3, -0.25) is 4.68 Å². The van der Waals surface area contributed by atoms with E-state index in [1.807, 2.05) is 30.1 Å². The number of aromatic nitrogens is 2. The Labute approximate surface area is 118 Å². The van der Waals surface area contributed by atoms with Gasteiger partial charge in [0.2, 0.25) is 0 Å². The third-order valence-corrected chi connectivity index (χ3v) is 3.36. The summed E-state index contributed by atoms with van der Waals surface area (Å²) in [6.45, 7) is 4.03. The molecule has 0 spiro atoms. The monoisotopic (exact) mass is 273 g/mol. The maximum atomic E-state index is 5.72. The molecule has 0 radical (unpaired) electrons. The van der Waals surface area contributed by atoms with Gasteiger partial charge < -0.3 is 14.8 Å². The lowest BCUT2D eigenvalue weighted by atomic mass is 10.1. The minimum Gasteiger partial charge on any atom is -0.486 e. The zero-order valence-corrected chi connectivity index (χ0v) is 11.8. The molecule has 1 aromatic carbocycles. The van der Waals surface area contributed by atoms with Gasteiger partial charge in [-0.05, 0) is 12.5 Å². The van der Waals surface area contributed by atoms with E-state index in [1.165, 1.54) is 0 Å². The lowest BCUT2D eigenvalue weighted by molar-refractivity contribution is 0.170. The summed E-state index contributed by atoms with van der Waals surface area (Å²) in [6, 6.07) is 6.00. The summed E-state index contributed by atoms with van der Waals surface area (Å²) in [6.07, 6.45) is 2.92. The summed E-state index contributed by atoms with van der Waals surface area (Å²) in [7, 11) is 1.94. The van der Waals surface area contributed by atoms with Gasteiger partial charge in [-0.2, -0.15) is 5.10 Å². The lowest BCUT2D eigenvalue weighted by Gasteiger charge is -2.21. The quantitative estimate of drug-likeness (QED) is 0.929. The van der Waals surface area contributed by atoms with Crippen molar-refractivity contribution in [3.05, 3.63) is 35.7 Å². The summed E-state index contributed by atoms with van der Waals surface area (Å²) in [4.78, 5) is 0. The van der Waals surface area contributed by atoms with Gasteiger partial charge in [-0.25, -0.2) is 0 Å². The van der Waals surface area contributed by atoms with E-state index in [0.717, 1.165) is 34.9 Å². The number of hydrogen-bond donors (Lipinski definition) is 1. The Morgan fingerprint density at radius 1 is 1.30 bits per heavy atom. The number of benzene rings is 1. The molecule has 0 fully saturated rings. The van der Waals surface area contributed by atoms with Gasteiger partial charge in [0.15, 0.2) is 11.5 Å². The molecule has 1 aliphatic rings. The molecule has 0 saturated carbocycles. The maximum Gasteiger partial charge on any atom is 0.166 e. The zero-order valence-electron chi connectivity index (χ0n) is 11.8. The van der Waals surface area contributed by atoms with Crippen molar-refractivity contribution in [1.82, 2.24) is 9.78 Å². The molecule has 3 rings (SSSR count). The van der Waals surface area contributed by atoms with E-state index in [1.54, 1.807) is 0 Å². The van der Waals surface area contributed by atoms with Crippen molar-refractivity contribution in [2.24, 2.45) is 7.05 Å². The van der Waals surface area contributed by atoms with E-state index in [-0.39, 0.29) is 0 Å². The number of fused-ring (bicyclic) bond motifs is 1. The fraction of sp³-hybridized carbons (Fsp3) is 0.400. The molecule has 2 aromatic rings. The molecule has 0 atom stereocenters. The van der Waals surface area contributed by atoms with Crippen molar-refractivity contribution in [2.45, 2.75) is 19.9 Å². The lowest BCUT2D eigenvalue weighted by Crippen LogP contribution is -2.17. The third-order valence-electron chi connectivity index (χ3n) is 3.36. The Morgan fingerprint density at radius 3 is 3.00 bits per heavy atom. The molecule has 1 aliphatic heterocycles. The average molecular weight is 273 g/mol. The fourth-order valence-electron chi connectivity index (χ4n) is 2.41. The van der Waals surface area contributed by atoms with Crippen LogP contribution in [0.15, 0.2) is 24.4 Å². The van der Waals surface area contributed by atoms with Crippen LogP contribution in [0.2, 0.25) is 0 Å². The summed E-state index contributed by atoms with van der Waals surface area (Å²) in [5, 5.41) is 7.86. The molecule has 0 bridgehead atoms. The van der Waals surface area contributed by atoms with Crippen molar-refractivity contribution in [1.29, 1.82) is 0 Å². The first-order chi connectivity index (χ1) is 9.78. The molecule has 0 unspecified atom stereocenters. The second-order valence-corrected chi connectivity index (χ2v) is 4.81.